The number of nitrogens with zero attached hydrogens (tertiary/aromatic N) is 2. The number of amides is 2. The maximum atomic E-state index is 12.7. The third-order valence-electron chi connectivity index (χ3n) is 4.99. The van der Waals surface area contributed by atoms with Crippen molar-refractivity contribution in [2.24, 2.45) is 0 Å². The third-order valence-corrected chi connectivity index (χ3v) is 4.99. The van der Waals surface area contributed by atoms with Crippen LogP contribution in [0.4, 0.5) is 5.69 Å². The number of allylic oxidation sites excluding steroid dienone is 2. The summed E-state index contributed by atoms with van der Waals surface area (Å²) >= 11 is 0. The first-order valence-electron chi connectivity index (χ1n) is 9.87. The van der Waals surface area contributed by atoms with E-state index in [4.69, 9.17) is 0 Å². The van der Waals surface area contributed by atoms with Crippen LogP contribution in [0.1, 0.15) is 49.3 Å². The molecule has 1 N–H and O–H groups in total. The summed E-state index contributed by atoms with van der Waals surface area (Å²) in [5, 5.41) is 3.00. The van der Waals surface area contributed by atoms with Crippen LogP contribution in [0.15, 0.2) is 23.9 Å². The van der Waals surface area contributed by atoms with Crippen molar-refractivity contribution in [2.75, 3.05) is 32.0 Å². The van der Waals surface area contributed by atoms with Crippen LogP contribution in [0.25, 0.3) is 0 Å². The Kier molecular flexibility index (Phi) is 7.60. The molecule has 0 radical (unpaired) electrons. The predicted octanol–water partition coefficient (Wildman–Crippen LogP) is 3.79. The van der Waals surface area contributed by atoms with Gasteiger partial charge in [0.15, 0.2) is 0 Å². The van der Waals surface area contributed by atoms with Gasteiger partial charge in [-0.15, -0.1) is 0 Å². The number of nitrogens with one attached hydrogen (secondary N) is 1. The lowest BCUT2D eigenvalue weighted by molar-refractivity contribution is -0.130. The van der Waals surface area contributed by atoms with E-state index in [2.05, 4.69) is 23.5 Å². The molecular formula is C22H33N3O2. The van der Waals surface area contributed by atoms with E-state index in [1.807, 2.05) is 39.6 Å². The van der Waals surface area contributed by atoms with E-state index in [9.17, 15) is 9.59 Å². The van der Waals surface area contributed by atoms with Crippen LogP contribution in [-0.2, 0) is 9.59 Å². The maximum Gasteiger partial charge on any atom is 0.240 e. The molecule has 0 bridgehead atoms. The van der Waals surface area contributed by atoms with Gasteiger partial charge in [0, 0.05) is 17.9 Å². The molecule has 0 aliphatic heterocycles. The van der Waals surface area contributed by atoms with Crippen LogP contribution in [0, 0.1) is 20.8 Å². The Balaban J connectivity index is 1.92. The fourth-order valence-corrected chi connectivity index (χ4v) is 3.78. The first-order valence-corrected chi connectivity index (χ1v) is 9.87. The summed E-state index contributed by atoms with van der Waals surface area (Å²) in [5.74, 6) is -0.0380. The van der Waals surface area contributed by atoms with Gasteiger partial charge >= 0.3 is 0 Å². The normalized spacial score (nSPS) is 14.1. The van der Waals surface area contributed by atoms with Crippen molar-refractivity contribution in [3.05, 3.63) is 40.6 Å². The van der Waals surface area contributed by atoms with Crippen LogP contribution >= 0.6 is 0 Å². The van der Waals surface area contributed by atoms with Crippen LogP contribution in [0.2, 0.25) is 0 Å². The Labute approximate surface area is 163 Å². The highest BCUT2D eigenvalue weighted by Crippen LogP contribution is 2.22. The second-order valence-electron chi connectivity index (χ2n) is 7.57. The van der Waals surface area contributed by atoms with E-state index in [1.165, 1.54) is 12.0 Å². The molecular weight excluding hydrogens is 338 g/mol. The van der Waals surface area contributed by atoms with E-state index >= 15 is 0 Å². The van der Waals surface area contributed by atoms with Crippen LogP contribution in [0.5, 0.6) is 0 Å². The Morgan fingerprint density at radius 1 is 1.07 bits per heavy atom. The molecule has 1 aromatic carbocycles. The molecule has 148 valence electrons. The number of hydrogen-bond donors (Lipinski definition) is 1. The first kappa shape index (κ1) is 21.2. The molecule has 2 amide bonds. The summed E-state index contributed by atoms with van der Waals surface area (Å²) in [4.78, 5) is 28.8. The van der Waals surface area contributed by atoms with Crippen molar-refractivity contribution in [3.8, 4) is 0 Å². The summed E-state index contributed by atoms with van der Waals surface area (Å²) in [6, 6.07) is 4.12. The van der Waals surface area contributed by atoms with Crippen LogP contribution in [0.3, 0.4) is 0 Å². The number of carbonyl (C=O) groups is 2. The van der Waals surface area contributed by atoms with Gasteiger partial charge < -0.3 is 10.2 Å². The number of hydrogen-bond acceptors (Lipinski definition) is 3. The minimum absolute atomic E-state index is 0.0589. The number of anilines is 1. The van der Waals surface area contributed by atoms with Gasteiger partial charge in [-0.1, -0.05) is 23.8 Å². The highest BCUT2D eigenvalue weighted by molar-refractivity contribution is 5.94. The van der Waals surface area contributed by atoms with E-state index < -0.39 is 0 Å². The van der Waals surface area contributed by atoms with Gasteiger partial charge in [0.05, 0.1) is 13.1 Å². The number of carbonyl (C=O) groups excluding carboxylic acids is 2. The van der Waals surface area contributed by atoms with Crippen molar-refractivity contribution in [3.63, 3.8) is 0 Å². The average molecular weight is 372 g/mol. The molecule has 0 fully saturated rings. The molecule has 5 heteroatoms. The molecule has 1 aliphatic rings. The van der Waals surface area contributed by atoms with Crippen LogP contribution < -0.4 is 5.32 Å². The Morgan fingerprint density at radius 2 is 1.74 bits per heavy atom. The Morgan fingerprint density at radius 3 is 2.30 bits per heavy atom. The first-order chi connectivity index (χ1) is 12.8. The zero-order valence-corrected chi connectivity index (χ0v) is 17.4. The molecule has 0 spiro atoms. The standard InChI is InChI=1S/C22H33N3O2/c1-6-25(19-10-8-7-9-11-19)21(27)15-24(5)14-20(26)23-22-17(3)12-16(2)13-18(22)4/h10,12-13H,6-9,11,14-15H2,1-5H3,(H,23,26). The molecule has 27 heavy (non-hydrogen) atoms. The minimum atomic E-state index is -0.0970. The second-order valence-corrected chi connectivity index (χ2v) is 7.57. The second kappa shape index (κ2) is 9.70. The Hall–Kier alpha value is -2.14. The number of benzene rings is 1. The molecule has 0 heterocycles. The van der Waals surface area contributed by atoms with E-state index in [1.54, 1.807) is 4.90 Å². The summed E-state index contributed by atoms with van der Waals surface area (Å²) < 4.78 is 0. The van der Waals surface area contributed by atoms with E-state index in [-0.39, 0.29) is 24.9 Å². The lowest BCUT2D eigenvalue weighted by atomic mass is 10.0. The fourth-order valence-electron chi connectivity index (χ4n) is 3.78. The maximum absolute atomic E-state index is 12.7. The molecule has 0 aromatic heterocycles. The molecule has 0 atom stereocenters. The SMILES string of the molecule is CCN(C(=O)CN(C)CC(=O)Nc1c(C)cc(C)cc1C)C1=CCCCC1. The quantitative estimate of drug-likeness (QED) is 0.793. The van der Waals surface area contributed by atoms with Gasteiger partial charge in [-0.2, -0.15) is 0 Å². The number of aryl methyl sites for hydroxylation is 3. The summed E-state index contributed by atoms with van der Waals surface area (Å²) in [6.07, 6.45) is 6.54. The fraction of sp³-hybridized carbons (Fsp3) is 0.545. The summed E-state index contributed by atoms with van der Waals surface area (Å²) in [6.45, 7) is 9.15. The molecule has 0 saturated carbocycles. The zero-order valence-electron chi connectivity index (χ0n) is 17.4. The van der Waals surface area contributed by atoms with Gasteiger partial charge in [-0.25, -0.2) is 0 Å². The van der Waals surface area contributed by atoms with E-state index in [0.29, 0.717) is 6.54 Å². The summed E-state index contributed by atoms with van der Waals surface area (Å²) in [5.41, 5.74) is 5.30. The predicted molar refractivity (Wildman–Crippen MR) is 111 cm³/mol. The smallest absolute Gasteiger partial charge is 0.240 e. The van der Waals surface area contributed by atoms with Crippen molar-refractivity contribution < 1.29 is 9.59 Å². The zero-order chi connectivity index (χ0) is 20.0. The third kappa shape index (κ3) is 5.93. The van der Waals surface area contributed by atoms with Gasteiger partial charge in [0.25, 0.3) is 0 Å². The highest BCUT2D eigenvalue weighted by atomic mass is 16.2. The van der Waals surface area contributed by atoms with Crippen molar-refractivity contribution in [1.29, 1.82) is 0 Å². The van der Waals surface area contributed by atoms with Gasteiger partial charge in [0.1, 0.15) is 0 Å². The number of rotatable bonds is 7. The van der Waals surface area contributed by atoms with Crippen LogP contribution in [-0.4, -0.2) is 48.3 Å². The van der Waals surface area contributed by atoms with Crippen molar-refractivity contribution in [1.82, 2.24) is 9.80 Å². The largest absolute Gasteiger partial charge is 0.324 e. The molecule has 0 saturated heterocycles. The Bertz CT molecular complexity index is 701. The van der Waals surface area contributed by atoms with Gasteiger partial charge in [-0.05, 0) is 71.6 Å². The van der Waals surface area contributed by atoms with Gasteiger partial charge in [-0.3, -0.25) is 14.5 Å². The topological polar surface area (TPSA) is 52.7 Å². The number of likely N-dealkylation sites (N-methyl/N-ethyl adjacent to an activating group) is 2. The molecule has 0 unspecified atom stereocenters. The molecule has 2 rings (SSSR count). The van der Waals surface area contributed by atoms with Gasteiger partial charge in [0.2, 0.25) is 11.8 Å². The van der Waals surface area contributed by atoms with Crippen molar-refractivity contribution >= 4 is 17.5 Å². The molecule has 1 aliphatic carbocycles. The average Bonchev–Trinajstić information content (AvgIpc) is 2.59. The van der Waals surface area contributed by atoms with E-state index in [0.717, 1.165) is 41.8 Å². The molecule has 1 aromatic rings. The lowest BCUT2D eigenvalue weighted by Crippen LogP contribution is -2.41. The molecule has 5 nitrogen and oxygen atoms in total. The monoisotopic (exact) mass is 371 g/mol. The lowest BCUT2D eigenvalue weighted by Gasteiger charge is -2.28. The minimum Gasteiger partial charge on any atom is -0.324 e. The summed E-state index contributed by atoms with van der Waals surface area (Å²) in [7, 11) is 1.81. The highest BCUT2D eigenvalue weighted by Gasteiger charge is 2.20. The van der Waals surface area contributed by atoms with Crippen molar-refractivity contribution in [2.45, 2.75) is 53.4 Å².